The van der Waals surface area contributed by atoms with Crippen molar-refractivity contribution in [1.82, 2.24) is 9.80 Å². The fourth-order valence-corrected chi connectivity index (χ4v) is 3.78. The van der Waals surface area contributed by atoms with Gasteiger partial charge in [-0.1, -0.05) is 6.07 Å². The van der Waals surface area contributed by atoms with Crippen molar-refractivity contribution in [2.24, 2.45) is 11.7 Å². The predicted octanol–water partition coefficient (Wildman–Crippen LogP) is 0.756. The maximum absolute atomic E-state index is 12.5. The number of ether oxygens (including phenoxy) is 1. The lowest BCUT2D eigenvalue weighted by Gasteiger charge is -2.25. The number of nitrogens with zero attached hydrogens (tertiary/aromatic N) is 2. The van der Waals surface area contributed by atoms with Crippen molar-refractivity contribution in [3.05, 3.63) is 22.4 Å². The Hall–Kier alpha value is -0.950. The molecule has 3 heterocycles. The molecule has 0 radical (unpaired) electrons. The molecule has 6 heteroatoms. The zero-order chi connectivity index (χ0) is 14.7. The second kappa shape index (κ2) is 6.87. The third-order valence-corrected chi connectivity index (χ3v) is 5.16. The number of nitrogens with two attached hydrogens (primary N) is 1. The first kappa shape index (κ1) is 15.0. The third-order valence-electron chi connectivity index (χ3n) is 4.30. The number of thiophene rings is 1. The molecule has 0 spiro atoms. The monoisotopic (exact) mass is 309 g/mol. The summed E-state index contributed by atoms with van der Waals surface area (Å²) in [5.41, 5.74) is 5.96. The number of hydrogen-bond donors (Lipinski definition) is 1. The fourth-order valence-electron chi connectivity index (χ4n) is 3.03. The molecule has 0 aromatic carbocycles. The molecule has 21 heavy (non-hydrogen) atoms. The molecule has 1 aromatic heterocycles. The molecule has 2 unspecified atom stereocenters. The minimum Gasteiger partial charge on any atom is -0.379 e. The second-order valence-corrected chi connectivity index (χ2v) is 6.87. The molecular formula is C15H23N3O2S. The van der Waals surface area contributed by atoms with Crippen molar-refractivity contribution >= 4 is 17.2 Å². The van der Waals surface area contributed by atoms with E-state index in [0.717, 1.165) is 39.1 Å². The number of hydrogen-bond acceptors (Lipinski definition) is 5. The van der Waals surface area contributed by atoms with Crippen LogP contribution in [0.5, 0.6) is 0 Å². The van der Waals surface area contributed by atoms with Crippen LogP contribution in [-0.2, 0) is 16.1 Å². The van der Waals surface area contributed by atoms with Crippen LogP contribution in [0.1, 0.15) is 11.3 Å². The average molecular weight is 309 g/mol. The lowest BCUT2D eigenvalue weighted by Crippen LogP contribution is -2.44. The highest BCUT2D eigenvalue weighted by molar-refractivity contribution is 7.09. The molecule has 3 rings (SSSR count). The van der Waals surface area contributed by atoms with Gasteiger partial charge >= 0.3 is 0 Å². The van der Waals surface area contributed by atoms with Crippen molar-refractivity contribution < 1.29 is 9.53 Å². The number of amides is 1. The lowest BCUT2D eigenvalue weighted by molar-refractivity contribution is -0.135. The van der Waals surface area contributed by atoms with Crippen molar-refractivity contribution in [3.8, 4) is 0 Å². The van der Waals surface area contributed by atoms with Crippen LogP contribution in [0.2, 0.25) is 0 Å². The minimum absolute atomic E-state index is 0.136. The predicted molar refractivity (Wildman–Crippen MR) is 83.1 cm³/mol. The smallest absolute Gasteiger partial charge is 0.229 e. The molecule has 2 fully saturated rings. The van der Waals surface area contributed by atoms with E-state index in [0.29, 0.717) is 13.2 Å². The quantitative estimate of drug-likeness (QED) is 0.895. The molecule has 2 saturated heterocycles. The first-order chi connectivity index (χ1) is 10.2. The molecular weight excluding hydrogens is 286 g/mol. The summed E-state index contributed by atoms with van der Waals surface area (Å²) in [6.45, 7) is 5.60. The zero-order valence-corrected chi connectivity index (χ0v) is 13.1. The Morgan fingerprint density at radius 3 is 2.95 bits per heavy atom. The number of rotatable bonds is 3. The molecule has 116 valence electrons. The first-order valence-electron chi connectivity index (χ1n) is 7.61. The van der Waals surface area contributed by atoms with Gasteiger partial charge in [0.2, 0.25) is 5.91 Å². The summed E-state index contributed by atoms with van der Waals surface area (Å²) in [5, 5.41) is 2.12. The lowest BCUT2D eigenvalue weighted by atomic mass is 10.0. The molecule has 2 aliphatic heterocycles. The Labute approximate surface area is 129 Å². The Balaban J connectivity index is 1.54. The van der Waals surface area contributed by atoms with Gasteiger partial charge in [-0.05, 0) is 17.9 Å². The van der Waals surface area contributed by atoms with Gasteiger partial charge in [0.15, 0.2) is 0 Å². The maximum atomic E-state index is 12.5. The van der Waals surface area contributed by atoms with E-state index in [4.69, 9.17) is 10.5 Å². The largest absolute Gasteiger partial charge is 0.379 e. The summed E-state index contributed by atoms with van der Waals surface area (Å²) >= 11 is 1.80. The average Bonchev–Trinajstić information content (AvgIpc) is 3.07. The summed E-state index contributed by atoms with van der Waals surface area (Å²) in [7, 11) is 0. The summed E-state index contributed by atoms with van der Waals surface area (Å²) in [6, 6.07) is 4.13. The molecule has 0 bridgehead atoms. The van der Waals surface area contributed by atoms with Crippen LogP contribution in [0.3, 0.4) is 0 Å². The van der Waals surface area contributed by atoms with Crippen LogP contribution in [0.4, 0.5) is 0 Å². The Kier molecular flexibility index (Phi) is 4.90. The maximum Gasteiger partial charge on any atom is 0.229 e. The van der Waals surface area contributed by atoms with Crippen LogP contribution < -0.4 is 5.73 Å². The summed E-state index contributed by atoms with van der Waals surface area (Å²) in [4.78, 5) is 18.3. The van der Waals surface area contributed by atoms with Gasteiger partial charge in [0, 0.05) is 43.6 Å². The molecule has 5 nitrogen and oxygen atoms in total. The standard InChI is InChI=1S/C15H23N3O2S/c16-14-11-20-10-13(14)15(19)18-5-2-4-17(6-7-18)9-12-3-1-8-21-12/h1,3,8,13-14H,2,4-7,9-11,16H2. The minimum atomic E-state index is -0.145. The van der Waals surface area contributed by atoms with E-state index in [1.807, 2.05) is 4.90 Å². The van der Waals surface area contributed by atoms with Gasteiger partial charge < -0.3 is 15.4 Å². The summed E-state index contributed by atoms with van der Waals surface area (Å²) < 4.78 is 5.32. The van der Waals surface area contributed by atoms with Gasteiger partial charge in [-0.3, -0.25) is 9.69 Å². The van der Waals surface area contributed by atoms with Crippen molar-refractivity contribution in [2.45, 2.75) is 19.0 Å². The van der Waals surface area contributed by atoms with E-state index >= 15 is 0 Å². The van der Waals surface area contributed by atoms with Crippen LogP contribution in [0, 0.1) is 5.92 Å². The van der Waals surface area contributed by atoms with Crippen molar-refractivity contribution in [3.63, 3.8) is 0 Å². The molecule has 1 aromatic rings. The van der Waals surface area contributed by atoms with Gasteiger partial charge in [0.05, 0.1) is 19.1 Å². The number of carbonyl (C=O) groups is 1. The zero-order valence-electron chi connectivity index (χ0n) is 12.2. The Morgan fingerprint density at radius 1 is 1.33 bits per heavy atom. The highest BCUT2D eigenvalue weighted by Crippen LogP contribution is 2.18. The molecule has 0 saturated carbocycles. The van der Waals surface area contributed by atoms with E-state index in [-0.39, 0.29) is 17.9 Å². The molecule has 2 atom stereocenters. The van der Waals surface area contributed by atoms with Gasteiger partial charge in [-0.2, -0.15) is 0 Å². The third kappa shape index (κ3) is 3.63. The highest BCUT2D eigenvalue weighted by atomic mass is 32.1. The van der Waals surface area contributed by atoms with Crippen LogP contribution >= 0.6 is 11.3 Å². The molecule has 1 amide bonds. The fraction of sp³-hybridized carbons (Fsp3) is 0.667. The van der Waals surface area contributed by atoms with E-state index < -0.39 is 0 Å². The normalized spacial score (nSPS) is 27.8. The van der Waals surface area contributed by atoms with Crippen LogP contribution in [-0.4, -0.2) is 61.1 Å². The Morgan fingerprint density at radius 2 is 2.24 bits per heavy atom. The second-order valence-electron chi connectivity index (χ2n) is 5.84. The van der Waals surface area contributed by atoms with Gasteiger partial charge in [0.25, 0.3) is 0 Å². The van der Waals surface area contributed by atoms with Crippen molar-refractivity contribution in [2.75, 3.05) is 39.4 Å². The highest BCUT2D eigenvalue weighted by Gasteiger charge is 2.34. The van der Waals surface area contributed by atoms with E-state index in [2.05, 4.69) is 22.4 Å². The first-order valence-corrected chi connectivity index (χ1v) is 8.49. The van der Waals surface area contributed by atoms with E-state index in [9.17, 15) is 4.79 Å². The van der Waals surface area contributed by atoms with Crippen LogP contribution in [0.15, 0.2) is 17.5 Å². The van der Waals surface area contributed by atoms with Crippen molar-refractivity contribution in [1.29, 1.82) is 0 Å². The summed E-state index contributed by atoms with van der Waals surface area (Å²) in [5.74, 6) is 0.0341. The molecule has 2 N–H and O–H groups in total. The van der Waals surface area contributed by atoms with Gasteiger partial charge in [-0.25, -0.2) is 0 Å². The van der Waals surface area contributed by atoms with E-state index in [1.54, 1.807) is 11.3 Å². The summed E-state index contributed by atoms with van der Waals surface area (Å²) in [6.07, 6.45) is 1.03. The topological polar surface area (TPSA) is 58.8 Å². The SMILES string of the molecule is NC1COCC1C(=O)N1CCCN(Cc2cccs2)CC1. The molecule has 0 aliphatic carbocycles. The van der Waals surface area contributed by atoms with E-state index in [1.165, 1.54) is 4.88 Å². The van der Waals surface area contributed by atoms with Gasteiger partial charge in [0.1, 0.15) is 0 Å². The molecule has 2 aliphatic rings. The Bertz CT molecular complexity index is 465. The van der Waals surface area contributed by atoms with Gasteiger partial charge in [-0.15, -0.1) is 11.3 Å². The number of carbonyl (C=O) groups excluding carboxylic acids is 1. The van der Waals surface area contributed by atoms with Crippen LogP contribution in [0.25, 0.3) is 0 Å².